The first-order valence-corrected chi connectivity index (χ1v) is 6.45. The lowest BCUT2D eigenvalue weighted by atomic mass is 9.96. The van der Waals surface area contributed by atoms with Crippen LogP contribution in [0.1, 0.15) is 33.6 Å². The Morgan fingerprint density at radius 1 is 1.41 bits per heavy atom. The number of nitrogens with one attached hydrogen (secondary N) is 2. The van der Waals surface area contributed by atoms with Gasteiger partial charge >= 0.3 is 0 Å². The first kappa shape index (κ1) is 14.2. The van der Waals surface area contributed by atoms with Crippen LogP contribution in [0.25, 0.3) is 0 Å². The van der Waals surface area contributed by atoms with Gasteiger partial charge in [0.15, 0.2) is 0 Å². The standard InChI is InChI=1S/C13H24N2O2/c1-4-10(5-2)12(16)8-15-13(17)9(3)11-6-14-7-11/h10,12,14,16H,4-8H2,1-3H3,(H,15,17). The van der Waals surface area contributed by atoms with E-state index in [9.17, 15) is 9.90 Å². The summed E-state index contributed by atoms with van der Waals surface area (Å²) in [4.78, 5) is 11.8. The number of aliphatic hydroxyl groups is 1. The smallest absolute Gasteiger partial charge is 0.247 e. The predicted octanol–water partition coefficient (Wildman–Crippen LogP) is 0.819. The summed E-state index contributed by atoms with van der Waals surface area (Å²) in [6.45, 7) is 7.94. The molecular formula is C13H24N2O2. The molecule has 0 aromatic carbocycles. The normalized spacial score (nSPS) is 16.6. The lowest BCUT2D eigenvalue weighted by molar-refractivity contribution is -0.118. The molecule has 1 amide bonds. The molecule has 0 radical (unpaired) electrons. The molecule has 1 aliphatic heterocycles. The summed E-state index contributed by atoms with van der Waals surface area (Å²) >= 11 is 0. The Hall–Kier alpha value is -0.870. The van der Waals surface area contributed by atoms with E-state index in [1.165, 1.54) is 5.57 Å². The molecule has 0 saturated carbocycles. The van der Waals surface area contributed by atoms with Crippen LogP contribution in [0, 0.1) is 5.92 Å². The molecule has 1 atom stereocenters. The van der Waals surface area contributed by atoms with Gasteiger partial charge in [0, 0.05) is 25.2 Å². The third-order valence-electron chi connectivity index (χ3n) is 3.61. The summed E-state index contributed by atoms with van der Waals surface area (Å²) in [7, 11) is 0. The molecule has 0 aliphatic carbocycles. The summed E-state index contributed by atoms with van der Waals surface area (Å²) in [6, 6.07) is 0. The third kappa shape index (κ3) is 3.82. The SMILES string of the molecule is CCC(CC)C(O)CNC(=O)C(C)=C1CNC1. The summed E-state index contributed by atoms with van der Waals surface area (Å²) in [5.74, 6) is 0.222. The molecule has 1 aliphatic rings. The Balaban J connectivity index is 2.37. The van der Waals surface area contributed by atoms with Crippen molar-refractivity contribution in [3.05, 3.63) is 11.1 Å². The number of rotatable bonds is 6. The van der Waals surface area contributed by atoms with E-state index < -0.39 is 6.10 Å². The van der Waals surface area contributed by atoms with Gasteiger partial charge in [0.05, 0.1) is 6.10 Å². The molecule has 1 rings (SSSR count). The molecule has 4 heteroatoms. The number of carbonyl (C=O) groups excluding carboxylic acids is 1. The van der Waals surface area contributed by atoms with Crippen LogP contribution in [0.5, 0.6) is 0 Å². The summed E-state index contributed by atoms with van der Waals surface area (Å²) in [5, 5.41) is 15.8. The zero-order chi connectivity index (χ0) is 12.8. The molecule has 1 fully saturated rings. The highest BCUT2D eigenvalue weighted by Gasteiger charge is 2.19. The highest BCUT2D eigenvalue weighted by Crippen LogP contribution is 2.13. The number of aliphatic hydroxyl groups excluding tert-OH is 1. The predicted molar refractivity (Wildman–Crippen MR) is 68.7 cm³/mol. The fourth-order valence-electron chi connectivity index (χ4n) is 2.01. The van der Waals surface area contributed by atoms with Crippen LogP contribution in [0.3, 0.4) is 0 Å². The Morgan fingerprint density at radius 2 is 2.00 bits per heavy atom. The minimum atomic E-state index is -0.439. The van der Waals surface area contributed by atoms with Gasteiger partial charge in [0.1, 0.15) is 0 Å². The number of carbonyl (C=O) groups is 1. The summed E-state index contributed by atoms with van der Waals surface area (Å²) in [6.07, 6.45) is 1.45. The maximum absolute atomic E-state index is 11.8. The number of amides is 1. The van der Waals surface area contributed by atoms with Crippen molar-refractivity contribution >= 4 is 5.91 Å². The van der Waals surface area contributed by atoms with Crippen LogP contribution in [0.4, 0.5) is 0 Å². The molecular weight excluding hydrogens is 216 g/mol. The van der Waals surface area contributed by atoms with Crippen LogP contribution in [0.15, 0.2) is 11.1 Å². The molecule has 1 unspecified atom stereocenters. The van der Waals surface area contributed by atoms with Gasteiger partial charge in [0.2, 0.25) is 5.91 Å². The molecule has 0 bridgehead atoms. The zero-order valence-electron chi connectivity index (χ0n) is 11.0. The van der Waals surface area contributed by atoms with Crippen molar-refractivity contribution < 1.29 is 9.90 Å². The molecule has 17 heavy (non-hydrogen) atoms. The lowest BCUT2D eigenvalue weighted by Gasteiger charge is -2.23. The van der Waals surface area contributed by atoms with E-state index >= 15 is 0 Å². The fourth-order valence-corrected chi connectivity index (χ4v) is 2.01. The maximum Gasteiger partial charge on any atom is 0.247 e. The van der Waals surface area contributed by atoms with E-state index in [0.717, 1.165) is 31.5 Å². The van der Waals surface area contributed by atoms with Crippen molar-refractivity contribution in [2.24, 2.45) is 5.92 Å². The van der Waals surface area contributed by atoms with Crippen LogP contribution < -0.4 is 10.6 Å². The topological polar surface area (TPSA) is 61.4 Å². The summed E-state index contributed by atoms with van der Waals surface area (Å²) < 4.78 is 0. The van der Waals surface area contributed by atoms with E-state index in [1.54, 1.807) is 0 Å². The van der Waals surface area contributed by atoms with Gasteiger partial charge in [-0.25, -0.2) is 0 Å². The molecule has 0 aromatic rings. The monoisotopic (exact) mass is 240 g/mol. The lowest BCUT2D eigenvalue weighted by Crippen LogP contribution is -2.40. The second-order valence-electron chi connectivity index (χ2n) is 4.69. The zero-order valence-corrected chi connectivity index (χ0v) is 11.0. The molecule has 1 heterocycles. The Labute approximate surface area is 103 Å². The largest absolute Gasteiger partial charge is 0.391 e. The average molecular weight is 240 g/mol. The van der Waals surface area contributed by atoms with Gasteiger partial charge in [-0.1, -0.05) is 26.7 Å². The van der Waals surface area contributed by atoms with E-state index in [2.05, 4.69) is 24.5 Å². The highest BCUT2D eigenvalue weighted by molar-refractivity contribution is 5.93. The van der Waals surface area contributed by atoms with Gasteiger partial charge in [-0.2, -0.15) is 0 Å². The molecule has 3 N–H and O–H groups in total. The quantitative estimate of drug-likeness (QED) is 0.602. The van der Waals surface area contributed by atoms with Crippen molar-refractivity contribution in [1.29, 1.82) is 0 Å². The highest BCUT2D eigenvalue weighted by atomic mass is 16.3. The Kier molecular flexibility index (Phi) is 5.65. The second-order valence-corrected chi connectivity index (χ2v) is 4.69. The number of hydrogen-bond acceptors (Lipinski definition) is 3. The van der Waals surface area contributed by atoms with Crippen LogP contribution in [-0.2, 0) is 4.79 Å². The first-order valence-electron chi connectivity index (χ1n) is 6.45. The van der Waals surface area contributed by atoms with E-state index in [-0.39, 0.29) is 11.8 Å². The fraction of sp³-hybridized carbons (Fsp3) is 0.769. The van der Waals surface area contributed by atoms with Gasteiger partial charge in [0.25, 0.3) is 0 Å². The Bertz CT molecular complexity index is 290. The van der Waals surface area contributed by atoms with E-state index in [0.29, 0.717) is 6.54 Å². The Morgan fingerprint density at radius 3 is 2.41 bits per heavy atom. The van der Waals surface area contributed by atoms with Crippen LogP contribution in [-0.4, -0.2) is 36.8 Å². The minimum absolute atomic E-state index is 0.0495. The van der Waals surface area contributed by atoms with Crippen molar-refractivity contribution in [2.45, 2.75) is 39.7 Å². The molecule has 4 nitrogen and oxygen atoms in total. The van der Waals surface area contributed by atoms with Gasteiger partial charge in [-0.3, -0.25) is 4.79 Å². The molecule has 0 spiro atoms. The minimum Gasteiger partial charge on any atom is -0.391 e. The average Bonchev–Trinajstić information content (AvgIpc) is 2.25. The molecule has 1 saturated heterocycles. The second kappa shape index (κ2) is 6.77. The third-order valence-corrected chi connectivity index (χ3v) is 3.61. The first-order chi connectivity index (χ1) is 8.10. The summed E-state index contributed by atoms with van der Waals surface area (Å²) in [5.41, 5.74) is 1.96. The van der Waals surface area contributed by atoms with Crippen molar-refractivity contribution in [2.75, 3.05) is 19.6 Å². The van der Waals surface area contributed by atoms with Crippen molar-refractivity contribution in [3.63, 3.8) is 0 Å². The number of hydrogen-bond donors (Lipinski definition) is 3. The molecule has 98 valence electrons. The molecule has 0 aromatic heterocycles. The van der Waals surface area contributed by atoms with Gasteiger partial charge in [-0.05, 0) is 18.4 Å². The van der Waals surface area contributed by atoms with Gasteiger partial charge in [-0.15, -0.1) is 0 Å². The van der Waals surface area contributed by atoms with Crippen molar-refractivity contribution in [1.82, 2.24) is 10.6 Å². The van der Waals surface area contributed by atoms with E-state index in [1.807, 2.05) is 6.92 Å². The van der Waals surface area contributed by atoms with Gasteiger partial charge < -0.3 is 15.7 Å². The van der Waals surface area contributed by atoms with E-state index in [4.69, 9.17) is 0 Å². The van der Waals surface area contributed by atoms with Crippen molar-refractivity contribution in [3.8, 4) is 0 Å². The van der Waals surface area contributed by atoms with Crippen LogP contribution >= 0.6 is 0 Å². The maximum atomic E-state index is 11.8. The van der Waals surface area contributed by atoms with Crippen LogP contribution in [0.2, 0.25) is 0 Å².